The van der Waals surface area contributed by atoms with Gasteiger partial charge in [-0.25, -0.2) is 9.59 Å². The van der Waals surface area contributed by atoms with Gasteiger partial charge in [-0.1, -0.05) is 36.9 Å². The number of H-pyrrole nitrogens is 1. The Morgan fingerprint density at radius 1 is 1.11 bits per heavy atom. The molecular formula is C45H49N5O11S. The first-order valence-electron chi connectivity index (χ1n) is 20.8. The van der Waals surface area contributed by atoms with Crippen molar-refractivity contribution in [1.82, 2.24) is 25.4 Å². The molecule has 0 saturated carbocycles. The molecule has 5 N–H and O–H groups in total. The van der Waals surface area contributed by atoms with Crippen LogP contribution in [0.15, 0.2) is 43.0 Å². The third kappa shape index (κ3) is 5.92. The van der Waals surface area contributed by atoms with Gasteiger partial charge in [0.2, 0.25) is 6.79 Å². The number of methoxy groups -OCH3 is 1. The molecule has 7 aliphatic rings. The molecule has 0 radical (unpaired) electrons. The van der Waals surface area contributed by atoms with Gasteiger partial charge in [0.05, 0.1) is 36.2 Å². The van der Waals surface area contributed by atoms with Gasteiger partial charge in [-0.3, -0.25) is 19.9 Å². The van der Waals surface area contributed by atoms with E-state index in [2.05, 4.69) is 27.1 Å². The summed E-state index contributed by atoms with van der Waals surface area (Å²) >= 11 is 1.46. The minimum atomic E-state index is -1.49. The number of aryl methyl sites for hydroxylation is 1. The van der Waals surface area contributed by atoms with Crippen LogP contribution in [0.2, 0.25) is 0 Å². The summed E-state index contributed by atoms with van der Waals surface area (Å²) in [6.07, 6.45) is 0.702. The molecule has 8 heterocycles. The maximum absolute atomic E-state index is 15.3. The van der Waals surface area contributed by atoms with Gasteiger partial charge in [0.15, 0.2) is 28.5 Å². The molecule has 7 aliphatic heterocycles. The van der Waals surface area contributed by atoms with Crippen molar-refractivity contribution >= 4 is 40.7 Å². The normalized spacial score (nSPS) is 28.3. The predicted octanol–water partition coefficient (Wildman–Crippen LogP) is 4.46. The number of hydrogen-bond acceptors (Lipinski definition) is 15. The lowest BCUT2D eigenvalue weighted by Crippen LogP contribution is -2.70. The van der Waals surface area contributed by atoms with Crippen molar-refractivity contribution in [1.29, 1.82) is 0 Å². The number of fused-ring (bicyclic) bond motifs is 11. The standard InChI is InChI=1S/C45H49N5O11S/c1-7-12-57-44(55)46-16-24-15-26-25-10-8-9-11-27(25)47-41(26)45(48-24)18-62-40-32-31(39-38(59-19-60-39)21(3)37(32)61-22(4)51)29(17-58-43(45)54)50-34(40)33-30-23(14-28(42(50)53)49(33)5)13-20(2)36(56-6)35(30)52/h7-11,13,24,28-29,33-34,40,42,47-48,52-53H,1,12,14-19H2,2-6H3,(H,46,55)/t24-,28+,29+,33-,34-,40-,42+,45-/m1/s1. The molecule has 4 aromatic rings. The summed E-state index contributed by atoms with van der Waals surface area (Å²) in [7, 11) is 3.49. The number of phenolic OH excluding ortho intramolecular Hbond substituents is 1. The van der Waals surface area contributed by atoms with Gasteiger partial charge in [-0.05, 0) is 56.5 Å². The smallest absolute Gasteiger partial charge is 0.407 e. The molecule has 16 nitrogen and oxygen atoms in total. The van der Waals surface area contributed by atoms with E-state index < -0.39 is 65.3 Å². The van der Waals surface area contributed by atoms with E-state index in [0.29, 0.717) is 63.8 Å². The van der Waals surface area contributed by atoms with Crippen LogP contribution in [0.3, 0.4) is 0 Å². The van der Waals surface area contributed by atoms with Crippen LogP contribution < -0.4 is 29.6 Å². The number of likely N-dealkylation sites (N-methyl/N-ethyl adjacent to an activating group) is 1. The zero-order valence-electron chi connectivity index (χ0n) is 35.0. The monoisotopic (exact) mass is 867 g/mol. The zero-order chi connectivity index (χ0) is 43.4. The Labute approximate surface area is 361 Å². The molecule has 3 aromatic carbocycles. The summed E-state index contributed by atoms with van der Waals surface area (Å²) in [5.74, 6) is 0.556. The van der Waals surface area contributed by atoms with Crippen molar-refractivity contribution in [3.63, 3.8) is 0 Å². The first-order chi connectivity index (χ1) is 29.9. The molecule has 326 valence electrons. The van der Waals surface area contributed by atoms with Gasteiger partial charge in [0.25, 0.3) is 0 Å². The molecule has 8 atom stereocenters. The van der Waals surface area contributed by atoms with Crippen molar-refractivity contribution in [3.8, 4) is 28.7 Å². The number of aromatic hydroxyl groups is 1. The SMILES string of the molecule is C=CCOC(=O)NC[C@H]1Cc2c([nH]c3ccccc23)[C@@]2(CS[C@@H]3c4c(OC(C)=O)c(C)c5c(c4[C@H](COC2=O)N2[C@@H]3[C@H]3c4c(cc(C)c(OC)c4O)C[C@@H]([C@@H]2O)N3C)OCO5)N1. The van der Waals surface area contributed by atoms with E-state index in [-0.39, 0.29) is 38.1 Å². The number of aliphatic hydroxyl groups excluding tert-OH is 1. The average Bonchev–Trinajstić information content (AvgIpc) is 3.90. The lowest BCUT2D eigenvalue weighted by atomic mass is 9.73. The number of alkyl carbamates (subject to hydrolysis) is 1. The van der Waals surface area contributed by atoms with Crippen molar-refractivity contribution in [3.05, 3.63) is 87.6 Å². The van der Waals surface area contributed by atoms with Crippen molar-refractivity contribution < 1.29 is 53.0 Å². The number of piperazine rings is 1. The van der Waals surface area contributed by atoms with Crippen molar-refractivity contribution in [2.75, 3.05) is 46.5 Å². The molecule has 11 rings (SSSR count). The number of rotatable bonds is 6. The van der Waals surface area contributed by atoms with E-state index in [4.69, 9.17) is 28.4 Å². The molecule has 0 unspecified atom stereocenters. The Bertz CT molecular complexity index is 2560. The Morgan fingerprint density at radius 2 is 1.90 bits per heavy atom. The Morgan fingerprint density at radius 3 is 2.68 bits per heavy atom. The van der Waals surface area contributed by atoms with Crippen molar-refractivity contribution in [2.24, 2.45) is 0 Å². The molecule has 2 saturated heterocycles. The average molecular weight is 868 g/mol. The second-order valence-electron chi connectivity index (χ2n) is 16.9. The summed E-state index contributed by atoms with van der Waals surface area (Å²) in [4.78, 5) is 48.8. The highest BCUT2D eigenvalue weighted by Crippen LogP contribution is 2.64. The van der Waals surface area contributed by atoms with E-state index in [1.165, 1.54) is 31.9 Å². The lowest BCUT2D eigenvalue weighted by molar-refractivity contribution is -0.186. The second kappa shape index (κ2) is 15.1. The maximum Gasteiger partial charge on any atom is 0.407 e. The van der Waals surface area contributed by atoms with Crippen LogP contribution in [-0.2, 0) is 37.4 Å². The zero-order valence-corrected chi connectivity index (χ0v) is 35.9. The van der Waals surface area contributed by atoms with Crippen LogP contribution in [-0.4, -0.2) is 114 Å². The molecule has 17 heteroatoms. The molecule has 2 fully saturated rings. The Hall–Kier alpha value is -5.46. The van der Waals surface area contributed by atoms with Crippen LogP contribution >= 0.6 is 11.8 Å². The number of thioether (sulfide) groups is 1. The number of nitrogens with one attached hydrogen (secondary N) is 3. The molecule has 0 aliphatic carbocycles. The minimum absolute atomic E-state index is 0.0240. The number of para-hydroxylation sites is 1. The first kappa shape index (κ1) is 40.6. The Kier molecular flexibility index (Phi) is 9.90. The van der Waals surface area contributed by atoms with Gasteiger partial charge in [0.1, 0.15) is 25.2 Å². The number of phenols is 1. The third-order valence-corrected chi connectivity index (χ3v) is 15.0. The largest absolute Gasteiger partial charge is 0.504 e. The molecule has 1 spiro atoms. The first-order valence-corrected chi connectivity index (χ1v) is 21.8. The van der Waals surface area contributed by atoms with Gasteiger partial charge >= 0.3 is 18.0 Å². The number of aromatic nitrogens is 1. The van der Waals surface area contributed by atoms with Gasteiger partial charge < -0.3 is 48.9 Å². The summed E-state index contributed by atoms with van der Waals surface area (Å²) in [6, 6.07) is 7.05. The molecule has 4 bridgehead atoms. The highest BCUT2D eigenvalue weighted by atomic mass is 32.2. The number of carbonyl (C=O) groups is 3. The van der Waals surface area contributed by atoms with E-state index in [0.717, 1.165) is 27.6 Å². The fourth-order valence-corrected chi connectivity index (χ4v) is 12.7. The number of ether oxygens (including phenoxy) is 6. The fourth-order valence-electron chi connectivity index (χ4n) is 11.1. The van der Waals surface area contributed by atoms with Crippen LogP contribution in [0.1, 0.15) is 68.9 Å². The number of esters is 2. The molecular weight excluding hydrogens is 819 g/mol. The highest BCUT2D eigenvalue weighted by Gasteiger charge is 2.62. The molecule has 62 heavy (non-hydrogen) atoms. The van der Waals surface area contributed by atoms with E-state index in [9.17, 15) is 19.8 Å². The predicted molar refractivity (Wildman–Crippen MR) is 227 cm³/mol. The number of aromatic amines is 1. The number of carbonyl (C=O) groups excluding carboxylic acids is 3. The van der Waals surface area contributed by atoms with Crippen LogP contribution in [0.4, 0.5) is 4.79 Å². The summed E-state index contributed by atoms with van der Waals surface area (Å²) in [5.41, 5.74) is 5.10. The number of benzene rings is 3. The minimum Gasteiger partial charge on any atom is -0.504 e. The lowest BCUT2D eigenvalue weighted by Gasteiger charge is -2.62. The van der Waals surface area contributed by atoms with Gasteiger partial charge in [0, 0.05) is 64.5 Å². The topological polar surface area (TPSA) is 193 Å². The number of aliphatic hydroxyl groups is 1. The van der Waals surface area contributed by atoms with Crippen LogP contribution in [0.25, 0.3) is 10.9 Å². The van der Waals surface area contributed by atoms with E-state index in [1.807, 2.05) is 56.1 Å². The summed E-state index contributed by atoms with van der Waals surface area (Å²) in [5, 5.41) is 31.7. The number of amides is 1. The summed E-state index contributed by atoms with van der Waals surface area (Å²) in [6.45, 7) is 8.56. The van der Waals surface area contributed by atoms with E-state index >= 15 is 4.79 Å². The van der Waals surface area contributed by atoms with E-state index in [1.54, 1.807) is 0 Å². The maximum atomic E-state index is 15.3. The van der Waals surface area contributed by atoms with Crippen LogP contribution in [0, 0.1) is 13.8 Å². The van der Waals surface area contributed by atoms with Crippen molar-refractivity contribution in [2.45, 2.75) is 80.8 Å². The number of hydrogen-bond donors (Lipinski definition) is 5. The highest BCUT2D eigenvalue weighted by molar-refractivity contribution is 7.99. The van der Waals surface area contributed by atoms with Gasteiger partial charge in [-0.2, -0.15) is 0 Å². The quantitative estimate of drug-likeness (QED) is 0.104. The second-order valence-corrected chi connectivity index (χ2v) is 18.0. The fraction of sp³-hybridized carbons (Fsp3) is 0.444. The third-order valence-electron chi connectivity index (χ3n) is 13.5. The van der Waals surface area contributed by atoms with Gasteiger partial charge in [-0.15, -0.1) is 11.8 Å². The molecule has 1 aromatic heterocycles. The summed E-state index contributed by atoms with van der Waals surface area (Å²) < 4.78 is 36.1. The number of nitrogens with zero attached hydrogens (tertiary/aromatic N) is 2. The van der Waals surface area contributed by atoms with Crippen LogP contribution in [0.5, 0.6) is 28.7 Å². The molecule has 1 amide bonds. The Balaban J connectivity index is 1.19.